The molecule has 3 saturated heterocycles. The quantitative estimate of drug-likeness (QED) is 0.0268. The highest BCUT2D eigenvalue weighted by Gasteiger charge is 2.54. The first-order chi connectivity index (χ1) is 65.0. The Kier molecular flexibility index (Phi) is 32.2. The molecule has 7 aromatic carbocycles. The van der Waals surface area contributed by atoms with Crippen molar-refractivity contribution in [3.8, 4) is 62.5 Å². The Morgan fingerprint density at radius 1 is 0.650 bits per heavy atom. The Balaban J connectivity index is 1.02. The van der Waals surface area contributed by atoms with Crippen molar-refractivity contribution in [3.05, 3.63) is 207 Å². The second-order valence-corrected chi connectivity index (χ2v) is 36.3. The van der Waals surface area contributed by atoms with Gasteiger partial charge in [0.1, 0.15) is 109 Å². The zero-order chi connectivity index (χ0) is 99.2. The van der Waals surface area contributed by atoms with Crippen LogP contribution in [0.5, 0.6) is 40.2 Å². The summed E-state index contributed by atoms with van der Waals surface area (Å²) in [6.07, 6.45) is -24.1. The van der Waals surface area contributed by atoms with Gasteiger partial charge in [0.25, 0.3) is 0 Å². The molecule has 0 saturated carbocycles. The summed E-state index contributed by atoms with van der Waals surface area (Å²) < 4.78 is 63.9. The summed E-state index contributed by atoms with van der Waals surface area (Å²) in [5, 5.41) is 128. The van der Waals surface area contributed by atoms with E-state index in [1.807, 2.05) is 36.4 Å². The third kappa shape index (κ3) is 23.1. The van der Waals surface area contributed by atoms with Crippen molar-refractivity contribution in [2.24, 2.45) is 11.7 Å². The third-order valence-corrected chi connectivity index (χ3v) is 25.4. The second-order valence-electron chi connectivity index (χ2n) is 35.1. The van der Waals surface area contributed by atoms with Gasteiger partial charge in [-0.2, -0.15) is 0 Å². The molecule has 0 aromatic heterocycles. The van der Waals surface area contributed by atoms with E-state index in [0.717, 1.165) is 64.1 Å². The van der Waals surface area contributed by atoms with Gasteiger partial charge >= 0.3 is 18.2 Å². The average molecular weight is 1960 g/mol. The topological polar surface area (TPSA) is 571 Å². The molecule has 0 unspecified atom stereocenters. The molecule has 15 rings (SSSR count). The lowest BCUT2D eigenvalue weighted by atomic mass is 9.84. The number of aromatic hydroxyl groups is 2. The molecule has 0 radical (unpaired) electrons. The molecule has 8 heterocycles. The van der Waals surface area contributed by atoms with E-state index in [4.69, 9.17) is 87.9 Å². The number of alkyl carbamates (subject to hydrolysis) is 1. The van der Waals surface area contributed by atoms with Crippen LogP contribution in [0.4, 0.5) is 9.59 Å². The minimum Gasteiger partial charge on any atom is -0.508 e. The number of nitrogens with one attached hydrogen (secondary N) is 8. The number of phenols is 2. The maximum atomic E-state index is 16.8. The number of rotatable bonds is 24. The van der Waals surface area contributed by atoms with E-state index in [-0.39, 0.29) is 71.9 Å². The Morgan fingerprint density at radius 2 is 1.23 bits per heavy atom. The Bertz CT molecular complexity index is 5750. The van der Waals surface area contributed by atoms with Crippen molar-refractivity contribution in [2.45, 2.75) is 214 Å². The molecule has 8 aliphatic heterocycles. The minimum atomic E-state index is -2.44. The molecule has 732 valence electrons. The van der Waals surface area contributed by atoms with Crippen LogP contribution in [0.1, 0.15) is 137 Å². The number of primary amides is 1. The molecule has 9 amide bonds. The number of phenolic OH excluding ortho intramolecular Hbond substituents is 2. The molecule has 8 aliphatic rings. The molecule has 0 spiro atoms. The number of ether oxygens (including phenoxy) is 10. The fourth-order valence-corrected chi connectivity index (χ4v) is 17.8. The van der Waals surface area contributed by atoms with Gasteiger partial charge in [0.2, 0.25) is 53.4 Å². The summed E-state index contributed by atoms with van der Waals surface area (Å²) >= 11 is 21.0. The second kappa shape index (κ2) is 43.2. The first-order valence-electron chi connectivity index (χ1n) is 43.7. The van der Waals surface area contributed by atoms with Gasteiger partial charge in [0, 0.05) is 54.2 Å². The van der Waals surface area contributed by atoms with Crippen molar-refractivity contribution in [1.82, 2.24) is 47.4 Å². The minimum absolute atomic E-state index is 0.0863. The fourth-order valence-electron chi connectivity index (χ4n) is 17.2. The number of aryl methyl sites for hydroxylation is 1. The number of amides is 9. The summed E-state index contributed by atoms with van der Waals surface area (Å²) in [5.41, 5.74) is 3.53. The number of carboxylic acids is 1. The predicted molar refractivity (Wildman–Crippen MR) is 489 cm³/mol. The number of aliphatic hydroxyl groups is 6. The van der Waals surface area contributed by atoms with Crippen LogP contribution in [0.3, 0.4) is 0 Å². The molecule has 11 bridgehead atoms. The van der Waals surface area contributed by atoms with Crippen LogP contribution in [0.2, 0.25) is 15.1 Å². The van der Waals surface area contributed by atoms with Crippen LogP contribution in [-0.4, -0.2) is 240 Å². The highest BCUT2D eigenvalue weighted by molar-refractivity contribution is 6.32. The third-order valence-electron chi connectivity index (χ3n) is 24.6. The Morgan fingerprint density at radius 3 is 1.84 bits per heavy atom. The number of benzene rings is 7. The first kappa shape index (κ1) is 102. The zero-order valence-electron chi connectivity index (χ0n) is 75.3. The zero-order valence-corrected chi connectivity index (χ0v) is 77.6. The molecule has 22 atom stereocenters. The van der Waals surface area contributed by atoms with Gasteiger partial charge in [-0.15, -0.1) is 0 Å². The summed E-state index contributed by atoms with van der Waals surface area (Å²) in [7, 11) is 1.23. The van der Waals surface area contributed by atoms with Crippen molar-refractivity contribution >= 4 is 94.3 Å². The number of carboxylic acid groups (broad SMARTS) is 1. The first-order valence-corrected chi connectivity index (χ1v) is 44.9. The van der Waals surface area contributed by atoms with Crippen LogP contribution in [0.15, 0.2) is 153 Å². The maximum absolute atomic E-state index is 16.8. The largest absolute Gasteiger partial charge is 0.508 e. The molecule has 137 heavy (non-hydrogen) atoms. The van der Waals surface area contributed by atoms with Gasteiger partial charge in [-0.3, -0.25) is 38.5 Å². The monoisotopic (exact) mass is 1960 g/mol. The van der Waals surface area contributed by atoms with Gasteiger partial charge < -0.3 is 142 Å². The van der Waals surface area contributed by atoms with Crippen molar-refractivity contribution in [1.29, 1.82) is 0 Å². The Hall–Kier alpha value is -12.3. The van der Waals surface area contributed by atoms with E-state index in [1.54, 1.807) is 39.8 Å². The van der Waals surface area contributed by atoms with E-state index in [1.165, 1.54) is 76.4 Å². The lowest BCUT2D eigenvalue weighted by Crippen LogP contribution is -2.65. The van der Waals surface area contributed by atoms with E-state index in [0.29, 0.717) is 5.02 Å². The molecule has 7 aromatic rings. The lowest BCUT2D eigenvalue weighted by molar-refractivity contribution is -0.334. The molecular weight excluding hydrogens is 1850 g/mol. The molecule has 42 heteroatoms. The van der Waals surface area contributed by atoms with E-state index in [9.17, 15) is 69.9 Å². The standard InChI is InChI=1S/C95H107Cl3N10O29/c1-11-27-128-92(126)107-95(9)39-69(131-45(7)83(95)117)135-79-51-22-26-63(58(98)32-51)133-65-34-52-33-64(80(65)137-91-81(78(115)77(114)66(41-109)134-91)136-68-38-94(8,82(116)44(6)130-68)100-40-46-14-17-47(18-15-46)48-19-23-53(96)24-20-48)132-62-25-21-50(31-57(62)97)76(113)74(105-85(119)60(29-42(3)4)108(10)93(127)129-28-12-2)88(122)101-59(37-67(99)112)84(118)102-72(52)87(121)103-71-49-16-13-43(5)55(30-49)70-56(35-54(110)36-61(70)111)73(90(124)125)104-89(123)75(79)106-86(71)120/h11-26,30-36,42,44-45,59-60,66,68-69,71-79,81-83,91,100,109-111,113-117H,1-2,27-29,37-41H2,3-10H3,(H2,99,112)(H,101,122)(H,102,118)(H,103,121)(H,104,123)(H,105,119)(H,106,120)(H,107,126)(H,124,125)/t44-,45-,59-,60+,66+,68-,69-,71+,72+,73-,74+,75-,76+,77+,78-,79+,81+,82-,83-,91-,94-,95-/m0/s1. The maximum Gasteiger partial charge on any atom is 0.410 e. The molecule has 19 N–H and O–H groups in total. The van der Waals surface area contributed by atoms with Crippen molar-refractivity contribution in [3.63, 3.8) is 0 Å². The lowest BCUT2D eigenvalue weighted by Gasteiger charge is -2.48. The number of nitrogens with zero attached hydrogens (tertiary/aromatic N) is 1. The smallest absolute Gasteiger partial charge is 0.410 e. The SMILES string of the molecule is C=CCOC(=O)N[C@@]1(C)C[C@H](O[C@@H]2c3ccc(c(Cl)c3)Oc3cc4cc(c3O[C@@H]3O[C@H](CO)[C@@H](O)[C@H](O)[C@H]3O[C@H]3C[C@](C)(NCc5ccc(-c6ccc(Cl)cc6)cc5)[C@@H](O)[C@H](C)O3)Oc3ccc(cc3Cl)[C@@H](O)[C@@H](NC(=O)[C@@H](CC(C)C)N(C)C(=O)OCC=C)C(=O)N[C@@H](CC(N)=O)C(=O)N[C@H]4C(=O)N[C@H]3C(=O)N[C@@H]2C(=O)N[C@H](C(=O)O)c2cc(O)cc(O)c2-c2cc3ccc2C)O[C@@H](C)[C@@H]1O. The van der Waals surface area contributed by atoms with E-state index >= 15 is 24.0 Å². The average Bonchev–Trinajstić information content (AvgIpc) is 0.771. The highest BCUT2D eigenvalue weighted by atomic mass is 35.5. The van der Waals surface area contributed by atoms with Crippen molar-refractivity contribution in [2.75, 3.05) is 26.9 Å². The summed E-state index contributed by atoms with van der Waals surface area (Å²) in [4.78, 5) is 151. The number of nitrogens with two attached hydrogens (primary N) is 1. The van der Waals surface area contributed by atoms with Gasteiger partial charge in [-0.25, -0.2) is 14.4 Å². The fraction of sp³-hybridized carbons (Fsp3) is 0.411. The van der Waals surface area contributed by atoms with Gasteiger partial charge in [0.05, 0.1) is 46.9 Å². The highest BCUT2D eigenvalue weighted by Crippen LogP contribution is 2.51. The van der Waals surface area contributed by atoms with Crippen LogP contribution < -0.4 is 62.5 Å². The van der Waals surface area contributed by atoms with E-state index < -0.39 is 274 Å². The number of aliphatic hydroxyl groups excluding tert-OH is 6. The Labute approximate surface area is 800 Å². The molecule has 0 aliphatic carbocycles. The molecule has 3 fully saturated rings. The number of likely N-dealkylation sites (N-methyl/N-ethyl adjacent to an activating group) is 1. The summed E-state index contributed by atoms with van der Waals surface area (Å²) in [6.45, 7) is 16.7. The summed E-state index contributed by atoms with van der Waals surface area (Å²) in [5.74, 6) is -16.1. The van der Waals surface area contributed by atoms with Crippen molar-refractivity contribution < 1.29 is 141 Å². The number of aliphatic carboxylic acids is 1. The molecule has 39 nitrogen and oxygen atoms in total. The van der Waals surface area contributed by atoms with Gasteiger partial charge in [-0.05, 0) is 158 Å². The van der Waals surface area contributed by atoms with Crippen LogP contribution in [0.25, 0.3) is 22.3 Å². The number of fused-ring (bicyclic) bond motifs is 15. The van der Waals surface area contributed by atoms with Gasteiger partial charge in [-0.1, -0.05) is 135 Å². The van der Waals surface area contributed by atoms with Crippen LogP contribution >= 0.6 is 34.8 Å². The number of carbonyl (C=O) groups is 10. The number of halogens is 3. The van der Waals surface area contributed by atoms with Crippen LogP contribution in [-0.2, 0) is 78.1 Å². The number of hydrogen-bond donors (Lipinski definition) is 18. The predicted octanol–water partition coefficient (Wildman–Crippen LogP) is 7.09. The normalized spacial score (nSPS) is 28.0. The number of carbonyl (C=O) groups excluding carboxylic acids is 9. The summed E-state index contributed by atoms with van der Waals surface area (Å²) in [6, 6.07) is 14.4. The van der Waals surface area contributed by atoms with Crippen LogP contribution in [0, 0.1) is 12.8 Å². The number of hydrogen-bond acceptors (Lipinski definition) is 29. The van der Waals surface area contributed by atoms with E-state index in [2.05, 4.69) is 55.7 Å². The van der Waals surface area contributed by atoms with Gasteiger partial charge in [0.15, 0.2) is 36.2 Å². The molecular formula is C95H107Cl3N10O29.